The van der Waals surface area contributed by atoms with Crippen LogP contribution < -0.4 is 5.32 Å². The molecule has 0 rings (SSSR count). The smallest absolute Gasteiger partial charge is 0.316 e. The maximum Gasteiger partial charge on any atom is 0.316 e. The molecule has 0 aromatic heterocycles. The summed E-state index contributed by atoms with van der Waals surface area (Å²) in [5, 5.41) is 3.83. The second-order valence-electron chi connectivity index (χ2n) is 5.53. The lowest BCUT2D eigenvalue weighted by molar-refractivity contribution is -0.151. The van der Waals surface area contributed by atoms with Crippen LogP contribution in [0.2, 0.25) is 0 Å². The zero-order valence-electron chi connectivity index (χ0n) is 12.7. The molecule has 0 aromatic carbocycles. The normalized spacial score (nSPS) is 15.2. The minimum atomic E-state index is -0.384. The van der Waals surface area contributed by atoms with Crippen molar-refractivity contribution in [3.8, 4) is 0 Å². The Kier molecular flexibility index (Phi) is 8.70. The van der Waals surface area contributed by atoms with Crippen molar-refractivity contribution in [2.24, 2.45) is 0 Å². The van der Waals surface area contributed by atoms with Crippen LogP contribution in [-0.4, -0.2) is 35.7 Å². The van der Waals surface area contributed by atoms with Crippen LogP contribution in [-0.2, 0) is 9.53 Å². The molecule has 2 atom stereocenters. The largest absolute Gasteiger partial charge is 0.459 e. The van der Waals surface area contributed by atoms with Gasteiger partial charge in [-0.05, 0) is 40.7 Å². The minimum absolute atomic E-state index is 0.114. The zero-order chi connectivity index (χ0) is 14.2. The number of carbonyl (C=O) groups is 1. The predicted molar refractivity (Wildman–Crippen MR) is 80.1 cm³/mol. The van der Waals surface area contributed by atoms with Gasteiger partial charge in [-0.2, -0.15) is 0 Å². The maximum atomic E-state index is 11.7. The Balaban J connectivity index is 4.17. The third kappa shape index (κ3) is 7.98. The summed E-state index contributed by atoms with van der Waals surface area (Å²) in [6.07, 6.45) is 3.38. The number of esters is 1. The maximum absolute atomic E-state index is 11.7. The molecule has 0 spiro atoms. The van der Waals surface area contributed by atoms with E-state index in [0.29, 0.717) is 17.0 Å². The van der Waals surface area contributed by atoms with E-state index in [4.69, 9.17) is 4.74 Å². The number of hydrogen-bond acceptors (Lipinski definition) is 4. The molecule has 1 N–H and O–H groups in total. The van der Waals surface area contributed by atoms with Crippen LogP contribution in [0, 0.1) is 0 Å². The van der Waals surface area contributed by atoms with Crippen LogP contribution in [0.5, 0.6) is 0 Å². The fourth-order valence-electron chi connectivity index (χ4n) is 1.89. The van der Waals surface area contributed by atoms with Gasteiger partial charge in [-0.3, -0.25) is 4.79 Å². The van der Waals surface area contributed by atoms with Crippen molar-refractivity contribution in [3.63, 3.8) is 0 Å². The molecule has 0 bridgehead atoms. The Hall–Kier alpha value is -0.220. The molecule has 108 valence electrons. The second kappa shape index (κ2) is 8.81. The highest BCUT2D eigenvalue weighted by molar-refractivity contribution is 8.00. The number of carbonyl (C=O) groups excluding carboxylic acids is 1. The molecule has 0 aliphatic rings. The number of thioether (sulfide) groups is 1. The Bertz CT molecular complexity index is 238. The highest BCUT2D eigenvalue weighted by Crippen LogP contribution is 2.22. The molecule has 0 amide bonds. The Morgan fingerprint density at radius 2 is 1.94 bits per heavy atom. The predicted octanol–water partition coefficient (Wildman–Crippen LogP) is 3.23. The Morgan fingerprint density at radius 3 is 2.33 bits per heavy atom. The summed E-state index contributed by atoms with van der Waals surface area (Å²) in [6, 6.07) is 0.479. The van der Waals surface area contributed by atoms with Crippen LogP contribution in [0.15, 0.2) is 0 Å². The topological polar surface area (TPSA) is 38.3 Å². The number of rotatable bonds is 8. The van der Waals surface area contributed by atoms with E-state index in [1.54, 1.807) is 11.8 Å². The van der Waals surface area contributed by atoms with Gasteiger partial charge in [-0.1, -0.05) is 20.3 Å². The first-order valence-electron chi connectivity index (χ1n) is 6.84. The number of hydrogen-bond donors (Lipinski definition) is 1. The van der Waals surface area contributed by atoms with Gasteiger partial charge in [0.15, 0.2) is 0 Å². The Labute approximate surface area is 116 Å². The van der Waals surface area contributed by atoms with Crippen molar-refractivity contribution in [1.82, 2.24) is 5.32 Å². The molecule has 0 aromatic rings. The molecule has 0 radical (unpaired) electrons. The van der Waals surface area contributed by atoms with Gasteiger partial charge < -0.3 is 10.1 Å². The van der Waals surface area contributed by atoms with Crippen molar-refractivity contribution in [2.45, 2.75) is 70.8 Å². The molecule has 2 unspecified atom stereocenters. The van der Waals surface area contributed by atoms with E-state index < -0.39 is 0 Å². The molecule has 0 heterocycles. The zero-order valence-corrected chi connectivity index (χ0v) is 13.5. The lowest BCUT2D eigenvalue weighted by Crippen LogP contribution is -2.36. The summed E-state index contributed by atoms with van der Waals surface area (Å²) in [6.45, 7) is 10.1. The van der Waals surface area contributed by atoms with Crippen LogP contribution in [0.25, 0.3) is 0 Å². The fourth-order valence-corrected chi connectivity index (χ4v) is 3.04. The van der Waals surface area contributed by atoms with E-state index in [-0.39, 0.29) is 11.6 Å². The van der Waals surface area contributed by atoms with E-state index in [0.717, 1.165) is 19.3 Å². The van der Waals surface area contributed by atoms with E-state index in [9.17, 15) is 4.79 Å². The van der Waals surface area contributed by atoms with E-state index in [1.807, 2.05) is 27.8 Å². The van der Waals surface area contributed by atoms with Crippen molar-refractivity contribution in [3.05, 3.63) is 0 Å². The third-order valence-electron chi connectivity index (χ3n) is 2.66. The van der Waals surface area contributed by atoms with Crippen molar-refractivity contribution in [2.75, 3.05) is 12.8 Å². The first-order valence-corrected chi connectivity index (χ1v) is 7.89. The molecule has 0 aliphatic carbocycles. The summed E-state index contributed by atoms with van der Waals surface area (Å²) in [5.41, 5.74) is -0.384. The van der Waals surface area contributed by atoms with Gasteiger partial charge in [0.05, 0.1) is 5.75 Å². The lowest BCUT2D eigenvalue weighted by Gasteiger charge is -2.26. The second-order valence-corrected chi connectivity index (χ2v) is 6.76. The monoisotopic (exact) mass is 275 g/mol. The molecule has 0 aliphatic heterocycles. The van der Waals surface area contributed by atoms with Crippen molar-refractivity contribution >= 4 is 17.7 Å². The molecule has 3 nitrogen and oxygen atoms in total. The van der Waals surface area contributed by atoms with Gasteiger partial charge in [-0.25, -0.2) is 0 Å². The molecule has 4 heteroatoms. The highest BCUT2D eigenvalue weighted by Gasteiger charge is 2.21. The average Bonchev–Trinajstić information content (AvgIpc) is 2.25. The summed E-state index contributed by atoms with van der Waals surface area (Å²) in [5.74, 6) is 0.329. The fraction of sp³-hybridized carbons (Fsp3) is 0.929. The SMILES string of the molecule is CCCC(NC)C(CC)SCC(=O)OC(C)(C)C. The molecule has 0 fully saturated rings. The molecule has 18 heavy (non-hydrogen) atoms. The van der Waals surface area contributed by atoms with Gasteiger partial charge >= 0.3 is 5.97 Å². The van der Waals surface area contributed by atoms with Crippen LogP contribution in [0.3, 0.4) is 0 Å². The molecular weight excluding hydrogens is 246 g/mol. The Morgan fingerprint density at radius 1 is 1.33 bits per heavy atom. The molecule has 0 saturated carbocycles. The third-order valence-corrected chi connectivity index (χ3v) is 4.15. The van der Waals surface area contributed by atoms with Crippen molar-refractivity contribution < 1.29 is 9.53 Å². The minimum Gasteiger partial charge on any atom is -0.459 e. The number of nitrogens with one attached hydrogen (secondary N) is 1. The van der Waals surface area contributed by atoms with E-state index >= 15 is 0 Å². The summed E-state index contributed by atoms with van der Waals surface area (Å²) in [7, 11) is 2.00. The highest BCUT2D eigenvalue weighted by atomic mass is 32.2. The summed E-state index contributed by atoms with van der Waals surface area (Å²) in [4.78, 5) is 11.7. The number of ether oxygens (including phenoxy) is 1. The van der Waals surface area contributed by atoms with Crippen LogP contribution in [0.1, 0.15) is 53.9 Å². The first-order chi connectivity index (χ1) is 8.34. The van der Waals surface area contributed by atoms with Gasteiger partial charge in [-0.15, -0.1) is 11.8 Å². The van der Waals surface area contributed by atoms with Gasteiger partial charge in [0.2, 0.25) is 0 Å². The van der Waals surface area contributed by atoms with Gasteiger partial charge in [0, 0.05) is 11.3 Å². The molecule has 0 saturated heterocycles. The average molecular weight is 275 g/mol. The summed E-state index contributed by atoms with van der Waals surface area (Å²) < 4.78 is 5.33. The van der Waals surface area contributed by atoms with Gasteiger partial charge in [0.1, 0.15) is 5.60 Å². The quantitative estimate of drug-likeness (QED) is 0.690. The van der Waals surface area contributed by atoms with E-state index in [1.165, 1.54) is 0 Å². The summed E-state index contributed by atoms with van der Waals surface area (Å²) >= 11 is 1.71. The first kappa shape index (κ1) is 17.8. The van der Waals surface area contributed by atoms with E-state index in [2.05, 4.69) is 19.2 Å². The molecular formula is C14H29NO2S. The lowest BCUT2D eigenvalue weighted by atomic mass is 10.1. The standard InChI is InChI=1S/C14H29NO2S/c1-7-9-11(15-6)12(8-2)18-10-13(16)17-14(3,4)5/h11-12,15H,7-10H2,1-6H3. The van der Waals surface area contributed by atoms with Gasteiger partial charge in [0.25, 0.3) is 0 Å². The van der Waals surface area contributed by atoms with Crippen LogP contribution >= 0.6 is 11.8 Å². The van der Waals surface area contributed by atoms with Crippen LogP contribution in [0.4, 0.5) is 0 Å². The van der Waals surface area contributed by atoms with Crippen molar-refractivity contribution in [1.29, 1.82) is 0 Å².